The van der Waals surface area contributed by atoms with Crippen molar-refractivity contribution in [3.63, 3.8) is 0 Å². The van der Waals surface area contributed by atoms with Crippen molar-refractivity contribution in [3.8, 4) is 11.5 Å². The van der Waals surface area contributed by atoms with E-state index >= 15 is 0 Å². The first-order valence-corrected chi connectivity index (χ1v) is 7.85. The number of rotatable bonds is 7. The maximum atomic E-state index is 9.90. The molecule has 0 spiro atoms. The molecular weight excluding hydrogens is 308 g/mol. The van der Waals surface area contributed by atoms with Gasteiger partial charge in [0, 0.05) is 38.7 Å². The van der Waals surface area contributed by atoms with E-state index in [1.165, 1.54) is 0 Å². The minimum Gasteiger partial charge on any atom is -0.508 e. The summed E-state index contributed by atoms with van der Waals surface area (Å²) in [5.74, 6) is 2.53. The average Bonchev–Trinajstić information content (AvgIpc) is 3.06. The summed E-state index contributed by atoms with van der Waals surface area (Å²) in [6.45, 7) is 3.93. The molecule has 0 unspecified atom stereocenters. The Morgan fingerprint density at radius 1 is 1.38 bits per heavy atom. The Hall–Kier alpha value is -2.77. The number of aromatic nitrogens is 3. The molecule has 0 aliphatic carbocycles. The van der Waals surface area contributed by atoms with Gasteiger partial charge in [0.2, 0.25) is 0 Å². The molecule has 0 saturated heterocycles. The Morgan fingerprint density at radius 2 is 2.21 bits per heavy atom. The number of guanidine groups is 1. The number of benzene rings is 1. The van der Waals surface area contributed by atoms with Crippen molar-refractivity contribution >= 4 is 5.96 Å². The van der Waals surface area contributed by atoms with Crippen LogP contribution in [0.3, 0.4) is 0 Å². The lowest BCUT2D eigenvalue weighted by molar-refractivity contribution is 0.410. The number of aryl methyl sites for hydroxylation is 1. The van der Waals surface area contributed by atoms with Gasteiger partial charge < -0.3 is 25.0 Å². The monoisotopic (exact) mass is 332 g/mol. The van der Waals surface area contributed by atoms with E-state index in [9.17, 15) is 5.11 Å². The number of phenolic OH excluding ortho intramolecular Hbond substituents is 1. The van der Waals surface area contributed by atoms with E-state index < -0.39 is 0 Å². The van der Waals surface area contributed by atoms with Gasteiger partial charge in [-0.1, -0.05) is 6.92 Å². The third-order valence-electron chi connectivity index (χ3n) is 3.61. The van der Waals surface area contributed by atoms with Crippen molar-refractivity contribution in [2.24, 2.45) is 4.99 Å². The van der Waals surface area contributed by atoms with Crippen molar-refractivity contribution < 1.29 is 9.84 Å². The van der Waals surface area contributed by atoms with E-state index in [2.05, 4.69) is 32.7 Å². The van der Waals surface area contributed by atoms with E-state index in [4.69, 9.17) is 4.74 Å². The normalized spacial score (nSPS) is 11.4. The molecule has 2 aromatic rings. The second-order valence-corrected chi connectivity index (χ2v) is 5.14. The number of hydrogen-bond donors (Lipinski definition) is 3. The number of phenols is 1. The first-order valence-electron chi connectivity index (χ1n) is 7.85. The lowest BCUT2D eigenvalue weighted by atomic mass is 10.2. The zero-order valence-electron chi connectivity index (χ0n) is 14.3. The third kappa shape index (κ3) is 4.61. The van der Waals surface area contributed by atoms with Crippen LogP contribution in [0.15, 0.2) is 29.5 Å². The van der Waals surface area contributed by atoms with Crippen LogP contribution < -0.4 is 15.4 Å². The van der Waals surface area contributed by atoms with E-state index in [0.717, 1.165) is 24.4 Å². The van der Waals surface area contributed by atoms with Crippen LogP contribution in [0.1, 0.15) is 18.3 Å². The highest BCUT2D eigenvalue weighted by atomic mass is 16.5. The maximum absolute atomic E-state index is 9.90. The van der Waals surface area contributed by atoms with Crippen molar-refractivity contribution in [1.82, 2.24) is 25.4 Å². The summed E-state index contributed by atoms with van der Waals surface area (Å²) in [4.78, 5) is 4.18. The summed E-state index contributed by atoms with van der Waals surface area (Å²) in [5, 5.41) is 24.3. The molecule has 0 aliphatic heterocycles. The average molecular weight is 332 g/mol. The van der Waals surface area contributed by atoms with Gasteiger partial charge in [-0.2, -0.15) is 0 Å². The van der Waals surface area contributed by atoms with Crippen molar-refractivity contribution in [1.29, 1.82) is 0 Å². The Kier molecular flexibility index (Phi) is 6.41. The van der Waals surface area contributed by atoms with Gasteiger partial charge in [-0.15, -0.1) is 10.2 Å². The van der Waals surface area contributed by atoms with Crippen LogP contribution in [0.25, 0.3) is 0 Å². The number of hydrogen-bond acceptors (Lipinski definition) is 5. The highest BCUT2D eigenvalue weighted by Gasteiger charge is 2.06. The molecule has 130 valence electrons. The molecule has 8 nitrogen and oxygen atoms in total. The molecule has 0 fully saturated rings. The van der Waals surface area contributed by atoms with Gasteiger partial charge in [0.05, 0.1) is 7.11 Å². The fourth-order valence-electron chi connectivity index (χ4n) is 2.26. The summed E-state index contributed by atoms with van der Waals surface area (Å²) in [6, 6.07) is 5.13. The molecule has 0 amide bonds. The van der Waals surface area contributed by atoms with Gasteiger partial charge in [-0.25, -0.2) is 0 Å². The fourth-order valence-corrected chi connectivity index (χ4v) is 2.26. The third-order valence-corrected chi connectivity index (χ3v) is 3.61. The Balaban J connectivity index is 1.84. The highest BCUT2D eigenvalue weighted by molar-refractivity contribution is 5.79. The predicted octanol–water partition coefficient (Wildman–Crippen LogP) is 0.920. The Bertz CT molecular complexity index is 683. The second kappa shape index (κ2) is 8.76. The van der Waals surface area contributed by atoms with Crippen molar-refractivity contribution in [3.05, 3.63) is 35.9 Å². The van der Waals surface area contributed by atoms with Crippen LogP contribution in [-0.4, -0.2) is 46.5 Å². The van der Waals surface area contributed by atoms with Gasteiger partial charge in [0.15, 0.2) is 5.96 Å². The molecule has 0 bridgehead atoms. The van der Waals surface area contributed by atoms with Gasteiger partial charge in [0.25, 0.3) is 0 Å². The Morgan fingerprint density at radius 3 is 2.92 bits per heavy atom. The summed E-state index contributed by atoms with van der Waals surface area (Å²) < 4.78 is 7.18. The van der Waals surface area contributed by atoms with E-state index in [1.807, 2.05) is 4.57 Å². The smallest absolute Gasteiger partial charge is 0.191 e. The van der Waals surface area contributed by atoms with Crippen LogP contribution in [0.5, 0.6) is 11.5 Å². The minimum atomic E-state index is 0.218. The minimum absolute atomic E-state index is 0.218. The summed E-state index contributed by atoms with van der Waals surface area (Å²) >= 11 is 0. The summed E-state index contributed by atoms with van der Waals surface area (Å²) in [7, 11) is 3.30. The Labute approximate surface area is 141 Å². The quantitative estimate of drug-likeness (QED) is 0.515. The largest absolute Gasteiger partial charge is 0.508 e. The molecule has 2 rings (SSSR count). The zero-order chi connectivity index (χ0) is 17.4. The standard InChI is InChI=1S/C16H24N6O2/c1-4-15-21-20-11-22(15)8-7-18-16(17-2)19-10-12-9-13(24-3)5-6-14(12)23/h5-6,9,11,23H,4,7-8,10H2,1-3H3,(H2,17,18,19). The lowest BCUT2D eigenvalue weighted by Crippen LogP contribution is -2.38. The van der Waals surface area contributed by atoms with Gasteiger partial charge in [-0.3, -0.25) is 4.99 Å². The van der Waals surface area contributed by atoms with Crippen LogP contribution in [0, 0.1) is 0 Å². The number of nitrogens with zero attached hydrogens (tertiary/aromatic N) is 4. The van der Waals surface area contributed by atoms with E-state index in [0.29, 0.717) is 24.8 Å². The lowest BCUT2D eigenvalue weighted by Gasteiger charge is -2.14. The molecule has 0 atom stereocenters. The van der Waals surface area contributed by atoms with Gasteiger partial charge in [-0.05, 0) is 18.2 Å². The van der Waals surface area contributed by atoms with Gasteiger partial charge in [0.1, 0.15) is 23.7 Å². The molecule has 1 aromatic carbocycles. The SMILES string of the molecule is CCc1nncn1CCNC(=NC)NCc1cc(OC)ccc1O. The second-order valence-electron chi connectivity index (χ2n) is 5.14. The molecule has 8 heteroatoms. The molecule has 0 saturated carbocycles. The molecule has 1 heterocycles. The fraction of sp³-hybridized carbons (Fsp3) is 0.438. The molecule has 24 heavy (non-hydrogen) atoms. The number of aliphatic imine (C=N–C) groups is 1. The number of aromatic hydroxyl groups is 1. The zero-order valence-corrected chi connectivity index (χ0v) is 14.3. The number of nitrogens with one attached hydrogen (secondary N) is 2. The summed E-state index contributed by atoms with van der Waals surface area (Å²) in [6.07, 6.45) is 2.58. The van der Waals surface area contributed by atoms with E-state index in [-0.39, 0.29) is 5.75 Å². The topological polar surface area (TPSA) is 96.6 Å². The van der Waals surface area contributed by atoms with Gasteiger partial charge >= 0.3 is 0 Å². The van der Waals surface area contributed by atoms with E-state index in [1.54, 1.807) is 38.7 Å². The molecule has 0 radical (unpaired) electrons. The van der Waals surface area contributed by atoms with Crippen LogP contribution in [0.4, 0.5) is 0 Å². The molecule has 1 aromatic heterocycles. The van der Waals surface area contributed by atoms with Crippen molar-refractivity contribution in [2.75, 3.05) is 20.7 Å². The highest BCUT2D eigenvalue weighted by Crippen LogP contribution is 2.22. The molecular formula is C16H24N6O2. The van der Waals surface area contributed by atoms with Crippen LogP contribution in [0.2, 0.25) is 0 Å². The first-order chi connectivity index (χ1) is 11.7. The van der Waals surface area contributed by atoms with Crippen molar-refractivity contribution in [2.45, 2.75) is 26.4 Å². The first kappa shape index (κ1) is 17.6. The van der Waals surface area contributed by atoms with Crippen LogP contribution >= 0.6 is 0 Å². The number of ether oxygens (including phenoxy) is 1. The predicted molar refractivity (Wildman–Crippen MR) is 92.3 cm³/mol. The van der Waals surface area contributed by atoms with Crippen LogP contribution in [-0.2, 0) is 19.5 Å². The maximum Gasteiger partial charge on any atom is 0.191 e. The molecule has 0 aliphatic rings. The summed E-state index contributed by atoms with van der Waals surface area (Å²) in [5.41, 5.74) is 0.740. The number of methoxy groups -OCH3 is 1. The molecule has 3 N–H and O–H groups in total.